The summed E-state index contributed by atoms with van der Waals surface area (Å²) >= 11 is 7.34. The number of aryl methyl sites for hydroxylation is 1. The second-order valence-electron chi connectivity index (χ2n) is 7.08. The number of rotatable bonds is 2. The molecular formula is C22H18ClN5OS. The van der Waals surface area contributed by atoms with Crippen molar-refractivity contribution in [2.24, 2.45) is 4.99 Å². The zero-order chi connectivity index (χ0) is 20.8. The Balaban J connectivity index is 1.70. The Morgan fingerprint density at radius 3 is 2.60 bits per heavy atom. The largest absolute Gasteiger partial charge is 0.348 e. The Labute approximate surface area is 181 Å². The standard InChI is InChI=1S/C22H18ClN5OS/c1-13-19-20(28(26-13)17-6-4-3-5-7-17)24-14(2)27-21(29)18(30-22(27)25-19)12-15-8-10-16(23)11-9-15/h3-12,14,24H,1-2H3/b18-12-. The lowest BCUT2D eigenvalue weighted by Gasteiger charge is -2.15. The molecule has 1 unspecified atom stereocenters. The first-order valence-corrected chi connectivity index (χ1v) is 10.7. The number of nitrogens with one attached hydrogen (secondary N) is 1. The van der Waals surface area contributed by atoms with E-state index >= 15 is 0 Å². The molecule has 0 aliphatic carbocycles. The first-order chi connectivity index (χ1) is 14.5. The van der Waals surface area contributed by atoms with E-state index in [4.69, 9.17) is 16.6 Å². The molecule has 1 aliphatic rings. The van der Waals surface area contributed by atoms with Gasteiger partial charge in [-0.15, -0.1) is 0 Å². The molecule has 30 heavy (non-hydrogen) atoms. The van der Waals surface area contributed by atoms with Crippen LogP contribution in [0.3, 0.4) is 0 Å². The molecule has 0 saturated carbocycles. The SMILES string of the molecule is Cc1nn(-c2ccccc2)c2c1N=c1s/c(=C\c3ccc(Cl)cc3)c(=O)n1C(C)N2. The van der Waals surface area contributed by atoms with Crippen LogP contribution in [0.1, 0.15) is 24.3 Å². The van der Waals surface area contributed by atoms with E-state index in [1.807, 2.05) is 79.2 Å². The van der Waals surface area contributed by atoms with E-state index in [1.54, 1.807) is 4.57 Å². The predicted octanol–water partition coefficient (Wildman–Crippen LogP) is 3.78. The molecule has 0 radical (unpaired) electrons. The normalized spacial score (nSPS) is 15.7. The third kappa shape index (κ3) is 3.16. The van der Waals surface area contributed by atoms with Gasteiger partial charge in [0.15, 0.2) is 10.6 Å². The Bertz CT molecular complexity index is 1420. The van der Waals surface area contributed by atoms with E-state index in [0.29, 0.717) is 14.4 Å². The van der Waals surface area contributed by atoms with Crippen molar-refractivity contribution in [1.82, 2.24) is 14.3 Å². The summed E-state index contributed by atoms with van der Waals surface area (Å²) in [6.07, 6.45) is 1.59. The van der Waals surface area contributed by atoms with Crippen molar-refractivity contribution in [3.63, 3.8) is 0 Å². The van der Waals surface area contributed by atoms with Crippen LogP contribution in [0.2, 0.25) is 5.02 Å². The Morgan fingerprint density at radius 2 is 1.87 bits per heavy atom. The molecule has 1 atom stereocenters. The Kier molecular flexibility index (Phi) is 4.56. The number of benzene rings is 2. The van der Waals surface area contributed by atoms with Crippen LogP contribution in [0.5, 0.6) is 0 Å². The molecule has 0 saturated heterocycles. The number of para-hydroxylation sites is 1. The summed E-state index contributed by atoms with van der Waals surface area (Å²) in [6.45, 7) is 3.88. The molecule has 2 aromatic heterocycles. The summed E-state index contributed by atoms with van der Waals surface area (Å²) in [5.41, 5.74) is 3.33. The Morgan fingerprint density at radius 1 is 1.13 bits per heavy atom. The van der Waals surface area contributed by atoms with Gasteiger partial charge in [0.1, 0.15) is 11.9 Å². The van der Waals surface area contributed by atoms with Crippen LogP contribution >= 0.6 is 22.9 Å². The maximum atomic E-state index is 13.2. The number of hydrogen-bond acceptors (Lipinski definition) is 5. The first-order valence-electron chi connectivity index (χ1n) is 9.50. The van der Waals surface area contributed by atoms with E-state index in [9.17, 15) is 4.79 Å². The lowest BCUT2D eigenvalue weighted by Crippen LogP contribution is -2.36. The highest BCUT2D eigenvalue weighted by Crippen LogP contribution is 2.33. The van der Waals surface area contributed by atoms with E-state index in [-0.39, 0.29) is 11.7 Å². The maximum Gasteiger partial charge on any atom is 0.271 e. The van der Waals surface area contributed by atoms with Gasteiger partial charge in [-0.1, -0.05) is 53.3 Å². The van der Waals surface area contributed by atoms with Crippen molar-refractivity contribution >= 4 is 40.5 Å². The average Bonchev–Trinajstić information content (AvgIpc) is 3.16. The van der Waals surface area contributed by atoms with Crippen LogP contribution < -0.4 is 20.2 Å². The summed E-state index contributed by atoms with van der Waals surface area (Å²) in [6, 6.07) is 17.3. The average molecular weight is 436 g/mol. The molecule has 5 rings (SSSR count). The fraction of sp³-hybridized carbons (Fsp3) is 0.136. The Hall–Kier alpha value is -3.16. The van der Waals surface area contributed by atoms with Crippen molar-refractivity contribution in [2.75, 3.05) is 5.32 Å². The van der Waals surface area contributed by atoms with Gasteiger partial charge in [-0.2, -0.15) is 5.10 Å². The van der Waals surface area contributed by atoms with E-state index in [0.717, 1.165) is 28.5 Å². The molecule has 3 heterocycles. The lowest BCUT2D eigenvalue weighted by molar-refractivity contribution is 0.579. The smallest absolute Gasteiger partial charge is 0.271 e. The van der Waals surface area contributed by atoms with Crippen LogP contribution in [-0.2, 0) is 0 Å². The highest BCUT2D eigenvalue weighted by molar-refractivity contribution is 7.07. The second kappa shape index (κ2) is 7.27. The van der Waals surface area contributed by atoms with Gasteiger partial charge in [-0.05, 0) is 49.8 Å². The third-order valence-corrected chi connectivity index (χ3v) is 6.21. The summed E-state index contributed by atoms with van der Waals surface area (Å²) in [5.74, 6) is 0.782. The molecular weight excluding hydrogens is 418 g/mol. The number of hydrogen-bond donors (Lipinski definition) is 1. The topological polar surface area (TPSA) is 64.2 Å². The van der Waals surface area contributed by atoms with Gasteiger partial charge in [-0.3, -0.25) is 9.36 Å². The molecule has 4 aromatic rings. The van der Waals surface area contributed by atoms with Crippen molar-refractivity contribution in [3.8, 4) is 5.69 Å². The van der Waals surface area contributed by atoms with Crippen LogP contribution in [0, 0.1) is 6.92 Å². The summed E-state index contributed by atoms with van der Waals surface area (Å²) < 4.78 is 4.16. The summed E-state index contributed by atoms with van der Waals surface area (Å²) in [5, 5.41) is 8.78. The molecule has 8 heteroatoms. The molecule has 6 nitrogen and oxygen atoms in total. The molecule has 1 aliphatic heterocycles. The van der Waals surface area contributed by atoms with E-state index in [2.05, 4.69) is 10.4 Å². The zero-order valence-corrected chi connectivity index (χ0v) is 17.9. The minimum absolute atomic E-state index is 0.0734. The molecule has 0 bridgehead atoms. The van der Waals surface area contributed by atoms with E-state index < -0.39 is 0 Å². The fourth-order valence-electron chi connectivity index (χ4n) is 3.51. The first kappa shape index (κ1) is 18.8. The number of halogens is 1. The molecule has 0 amide bonds. The van der Waals surface area contributed by atoms with Crippen molar-refractivity contribution in [3.05, 3.63) is 90.6 Å². The van der Waals surface area contributed by atoms with Gasteiger partial charge in [0.2, 0.25) is 0 Å². The number of fused-ring (bicyclic) bond motifs is 2. The molecule has 0 spiro atoms. The van der Waals surface area contributed by atoms with Crippen molar-refractivity contribution in [2.45, 2.75) is 20.0 Å². The van der Waals surface area contributed by atoms with Gasteiger partial charge in [-0.25, -0.2) is 9.67 Å². The maximum absolute atomic E-state index is 13.2. The van der Waals surface area contributed by atoms with E-state index in [1.165, 1.54) is 11.3 Å². The molecule has 1 N–H and O–H groups in total. The number of thiazole rings is 1. The third-order valence-electron chi connectivity index (χ3n) is 4.97. The van der Waals surface area contributed by atoms with Gasteiger partial charge in [0, 0.05) is 5.02 Å². The van der Waals surface area contributed by atoms with Crippen LogP contribution in [0.15, 0.2) is 64.4 Å². The van der Waals surface area contributed by atoms with Gasteiger partial charge >= 0.3 is 0 Å². The van der Waals surface area contributed by atoms with Crippen LogP contribution in [0.25, 0.3) is 11.8 Å². The summed E-state index contributed by atoms with van der Waals surface area (Å²) in [4.78, 5) is 18.6. The molecule has 150 valence electrons. The minimum Gasteiger partial charge on any atom is -0.348 e. The van der Waals surface area contributed by atoms with Crippen molar-refractivity contribution in [1.29, 1.82) is 0 Å². The highest BCUT2D eigenvalue weighted by Gasteiger charge is 2.24. The molecule has 0 fully saturated rings. The van der Waals surface area contributed by atoms with Crippen molar-refractivity contribution < 1.29 is 0 Å². The van der Waals surface area contributed by atoms with Gasteiger partial charge in [0.05, 0.1) is 15.9 Å². The zero-order valence-electron chi connectivity index (χ0n) is 16.3. The number of anilines is 1. The highest BCUT2D eigenvalue weighted by atomic mass is 35.5. The quantitative estimate of drug-likeness (QED) is 0.521. The van der Waals surface area contributed by atoms with Crippen LogP contribution in [0.4, 0.5) is 11.5 Å². The van der Waals surface area contributed by atoms with Gasteiger partial charge in [0.25, 0.3) is 5.56 Å². The molecule has 2 aromatic carbocycles. The van der Waals surface area contributed by atoms with Gasteiger partial charge < -0.3 is 5.32 Å². The number of nitrogens with zero attached hydrogens (tertiary/aromatic N) is 4. The summed E-state index contributed by atoms with van der Waals surface area (Å²) in [7, 11) is 0. The second-order valence-corrected chi connectivity index (χ2v) is 8.53. The number of aromatic nitrogens is 3. The lowest BCUT2D eigenvalue weighted by atomic mass is 10.2. The van der Waals surface area contributed by atoms with Crippen LogP contribution in [-0.4, -0.2) is 14.3 Å². The minimum atomic E-state index is -0.278. The fourth-order valence-corrected chi connectivity index (χ4v) is 4.69. The monoisotopic (exact) mass is 435 g/mol. The predicted molar refractivity (Wildman–Crippen MR) is 121 cm³/mol.